The minimum Gasteiger partial charge on any atom is -0.386 e. The van der Waals surface area contributed by atoms with Gasteiger partial charge in [-0.25, -0.2) is 0 Å². The Morgan fingerprint density at radius 2 is 1.82 bits per heavy atom. The number of nitrogens with zero attached hydrogens (tertiary/aromatic N) is 3. The third-order valence-corrected chi connectivity index (χ3v) is 5.11. The van der Waals surface area contributed by atoms with Crippen LogP contribution in [-0.2, 0) is 0 Å². The fraction of sp³-hybridized carbons (Fsp3) is 0.292. The first-order chi connectivity index (χ1) is 13.4. The first-order valence-corrected chi connectivity index (χ1v) is 9.53. The second-order valence-corrected chi connectivity index (χ2v) is 7.39. The summed E-state index contributed by atoms with van der Waals surface area (Å²) in [5.74, 6) is 0. The number of aliphatic imine (C=N–C) groups is 3. The van der Waals surface area contributed by atoms with Gasteiger partial charge in [0.15, 0.2) is 0 Å². The molecule has 0 atom stereocenters. The van der Waals surface area contributed by atoms with Crippen molar-refractivity contribution in [3.05, 3.63) is 47.0 Å². The molecular weight excluding hydrogens is 344 g/mol. The first-order valence-electron chi connectivity index (χ1n) is 9.53. The second kappa shape index (κ2) is 7.93. The van der Waals surface area contributed by atoms with Crippen LogP contribution >= 0.6 is 0 Å². The first kappa shape index (κ1) is 19.7. The van der Waals surface area contributed by atoms with Gasteiger partial charge in [0.25, 0.3) is 0 Å². The van der Waals surface area contributed by atoms with Gasteiger partial charge in [-0.15, -0.1) is 0 Å². The molecule has 144 valence electrons. The van der Waals surface area contributed by atoms with Crippen molar-refractivity contribution in [3.63, 3.8) is 0 Å². The normalized spacial score (nSPS) is 13.4. The fourth-order valence-electron chi connectivity index (χ4n) is 3.81. The van der Waals surface area contributed by atoms with Gasteiger partial charge in [-0.05, 0) is 81.8 Å². The zero-order valence-corrected chi connectivity index (χ0v) is 17.6. The van der Waals surface area contributed by atoms with Crippen LogP contribution in [0.2, 0.25) is 0 Å². The monoisotopic (exact) mass is 372 g/mol. The third-order valence-electron chi connectivity index (χ3n) is 5.11. The molecule has 0 aliphatic carbocycles. The lowest BCUT2D eigenvalue weighted by atomic mass is 9.91. The summed E-state index contributed by atoms with van der Waals surface area (Å²) in [5.41, 5.74) is 11.9. The molecule has 0 radical (unpaired) electrons. The third kappa shape index (κ3) is 3.55. The van der Waals surface area contributed by atoms with Crippen LogP contribution in [0.5, 0.6) is 0 Å². The molecule has 2 aromatic carbocycles. The fourth-order valence-corrected chi connectivity index (χ4v) is 3.81. The molecule has 4 nitrogen and oxygen atoms in total. The van der Waals surface area contributed by atoms with Crippen molar-refractivity contribution in [1.29, 1.82) is 0 Å². The predicted molar refractivity (Wildman–Crippen MR) is 124 cm³/mol. The highest BCUT2D eigenvalue weighted by atomic mass is 14.9. The Morgan fingerprint density at radius 3 is 2.39 bits per heavy atom. The summed E-state index contributed by atoms with van der Waals surface area (Å²) >= 11 is 0. The Labute approximate surface area is 167 Å². The Morgan fingerprint density at radius 1 is 1.07 bits per heavy atom. The molecule has 28 heavy (non-hydrogen) atoms. The van der Waals surface area contributed by atoms with E-state index in [1.807, 2.05) is 20.9 Å². The number of anilines is 1. The molecule has 0 unspecified atom stereocenters. The summed E-state index contributed by atoms with van der Waals surface area (Å²) in [6, 6.07) is 10.6. The van der Waals surface area contributed by atoms with E-state index in [-0.39, 0.29) is 0 Å². The summed E-state index contributed by atoms with van der Waals surface area (Å²) in [6.45, 7) is 14.9. The number of benzene rings is 2. The van der Waals surface area contributed by atoms with Gasteiger partial charge in [0.05, 0.1) is 23.6 Å². The lowest BCUT2D eigenvalue weighted by molar-refractivity contribution is 1.18. The largest absolute Gasteiger partial charge is 0.386 e. The van der Waals surface area contributed by atoms with Crippen molar-refractivity contribution < 1.29 is 0 Å². The van der Waals surface area contributed by atoms with E-state index in [0.29, 0.717) is 0 Å². The van der Waals surface area contributed by atoms with Gasteiger partial charge >= 0.3 is 0 Å². The van der Waals surface area contributed by atoms with Crippen molar-refractivity contribution in [1.82, 2.24) is 0 Å². The minimum atomic E-state index is 0.764. The molecule has 0 bridgehead atoms. The Kier molecular flexibility index (Phi) is 5.59. The van der Waals surface area contributed by atoms with Crippen LogP contribution in [0.15, 0.2) is 50.9 Å². The molecule has 1 heterocycles. The average molecular weight is 373 g/mol. The van der Waals surface area contributed by atoms with Gasteiger partial charge in [0.1, 0.15) is 0 Å². The quantitative estimate of drug-likeness (QED) is 0.607. The molecule has 1 N–H and O–H groups in total. The highest BCUT2D eigenvalue weighted by Gasteiger charge is 2.20. The summed E-state index contributed by atoms with van der Waals surface area (Å²) in [5, 5.41) is 3.33. The minimum absolute atomic E-state index is 0.764. The zero-order valence-electron chi connectivity index (χ0n) is 17.6. The number of hydrogen-bond donors (Lipinski definition) is 1. The van der Waals surface area contributed by atoms with Crippen LogP contribution < -0.4 is 5.32 Å². The summed E-state index contributed by atoms with van der Waals surface area (Å²) < 4.78 is 0. The molecule has 0 fully saturated rings. The van der Waals surface area contributed by atoms with E-state index in [1.165, 1.54) is 11.1 Å². The number of allylic oxidation sites excluding steroid dienone is 1. The molecule has 0 saturated carbocycles. The molecule has 0 saturated heterocycles. The van der Waals surface area contributed by atoms with E-state index >= 15 is 0 Å². The van der Waals surface area contributed by atoms with Crippen molar-refractivity contribution in [3.8, 4) is 11.1 Å². The van der Waals surface area contributed by atoms with Gasteiger partial charge in [-0.1, -0.05) is 12.1 Å². The number of nitrogens with one attached hydrogen (secondary N) is 1. The maximum absolute atomic E-state index is 4.70. The van der Waals surface area contributed by atoms with Crippen LogP contribution in [0.4, 0.5) is 17.1 Å². The van der Waals surface area contributed by atoms with E-state index in [9.17, 15) is 0 Å². The highest BCUT2D eigenvalue weighted by molar-refractivity contribution is 6.25. The molecular formula is C24H28N4. The number of rotatable bonds is 5. The molecule has 2 aromatic rings. The molecule has 0 spiro atoms. The molecule has 1 aliphatic rings. The van der Waals surface area contributed by atoms with Crippen LogP contribution in [0, 0.1) is 6.92 Å². The van der Waals surface area contributed by atoms with Crippen molar-refractivity contribution in [2.24, 2.45) is 15.0 Å². The van der Waals surface area contributed by atoms with Gasteiger partial charge in [-0.3, -0.25) is 15.0 Å². The van der Waals surface area contributed by atoms with Crippen molar-refractivity contribution >= 4 is 40.8 Å². The molecule has 1 aliphatic heterocycles. The predicted octanol–water partition coefficient (Wildman–Crippen LogP) is 6.40. The second-order valence-electron chi connectivity index (χ2n) is 7.39. The molecule has 0 amide bonds. The lowest BCUT2D eigenvalue weighted by Gasteiger charge is -2.18. The molecule has 0 aromatic heterocycles. The Bertz CT molecular complexity index is 1030. The van der Waals surface area contributed by atoms with E-state index in [4.69, 9.17) is 4.99 Å². The van der Waals surface area contributed by atoms with Crippen LogP contribution in [0.3, 0.4) is 0 Å². The number of hydrogen-bond acceptors (Lipinski definition) is 4. The van der Waals surface area contributed by atoms with E-state index in [1.54, 1.807) is 0 Å². The summed E-state index contributed by atoms with van der Waals surface area (Å²) in [7, 11) is 1.92. The Balaban J connectivity index is 2.31. The van der Waals surface area contributed by atoms with Crippen LogP contribution in [-0.4, -0.2) is 31.7 Å². The van der Waals surface area contributed by atoms with Gasteiger partial charge < -0.3 is 5.32 Å². The maximum atomic E-state index is 4.70. The Hall–Kier alpha value is -3.01. The van der Waals surface area contributed by atoms with Crippen molar-refractivity contribution in [2.45, 2.75) is 34.6 Å². The van der Waals surface area contributed by atoms with Gasteiger partial charge in [0.2, 0.25) is 0 Å². The van der Waals surface area contributed by atoms with Gasteiger partial charge in [-0.2, -0.15) is 0 Å². The van der Waals surface area contributed by atoms with Gasteiger partial charge in [0, 0.05) is 29.6 Å². The SMILES string of the molecule is C=Nc1cc(C2=C(C)CN=C2C)cc(-c2cccc(N=C(C)C)c2C)c1NC. The standard InChI is InChI=1S/C24H28N4/c1-14(2)28-21-10-8-9-19(16(21)4)20-11-18(12-22(25-6)24(20)26-7)23-15(3)13-27-17(23)5/h8-12,26H,6,13H2,1-5,7H3. The van der Waals surface area contributed by atoms with Crippen LogP contribution in [0.1, 0.15) is 38.8 Å². The lowest BCUT2D eigenvalue weighted by Crippen LogP contribution is -2.00. The van der Waals surface area contributed by atoms with Crippen molar-refractivity contribution in [2.75, 3.05) is 18.9 Å². The summed E-state index contributed by atoms with van der Waals surface area (Å²) in [6.07, 6.45) is 0. The van der Waals surface area contributed by atoms with E-state index in [2.05, 4.69) is 73.1 Å². The smallest absolute Gasteiger partial charge is 0.0866 e. The van der Waals surface area contributed by atoms with E-state index in [0.717, 1.165) is 57.3 Å². The summed E-state index contributed by atoms with van der Waals surface area (Å²) in [4.78, 5) is 13.6. The van der Waals surface area contributed by atoms with Crippen LogP contribution in [0.25, 0.3) is 16.7 Å². The van der Waals surface area contributed by atoms with E-state index < -0.39 is 0 Å². The maximum Gasteiger partial charge on any atom is 0.0866 e. The average Bonchev–Trinajstić information content (AvgIpc) is 3.00. The molecule has 3 rings (SSSR count). The highest BCUT2D eigenvalue weighted by Crippen LogP contribution is 2.42. The topological polar surface area (TPSA) is 49.1 Å². The molecule has 4 heteroatoms. The zero-order chi connectivity index (χ0) is 20.4.